The lowest BCUT2D eigenvalue weighted by atomic mass is 10.2. The van der Waals surface area contributed by atoms with Crippen LogP contribution in [0.3, 0.4) is 0 Å². The molecule has 19 heavy (non-hydrogen) atoms. The Kier molecular flexibility index (Phi) is 4.06. The van der Waals surface area contributed by atoms with Gasteiger partial charge in [-0.25, -0.2) is 14.5 Å². The van der Waals surface area contributed by atoms with Gasteiger partial charge in [-0.05, 0) is 24.6 Å². The molecule has 0 aliphatic heterocycles. The first-order chi connectivity index (χ1) is 9.15. The molecule has 0 fully saturated rings. The van der Waals surface area contributed by atoms with Crippen molar-refractivity contribution in [2.45, 2.75) is 13.3 Å². The second kappa shape index (κ2) is 5.75. The Bertz CT molecular complexity index is 595. The average molecular weight is 280 g/mol. The largest absolute Gasteiger partial charge is 0.464 e. The standard InChI is InChI=1S/C13H14ClN3O2/c1-3-11-12(13(18)19-2)17(8-15-11)16-10-6-4-5-9(14)7-10/h4-8,16H,3H2,1-2H3. The lowest BCUT2D eigenvalue weighted by Crippen LogP contribution is -2.17. The first kappa shape index (κ1) is 13.4. The number of hydrogen-bond donors (Lipinski definition) is 1. The molecule has 0 atom stereocenters. The van der Waals surface area contributed by atoms with Gasteiger partial charge in [0.2, 0.25) is 0 Å². The van der Waals surface area contributed by atoms with E-state index in [1.807, 2.05) is 19.1 Å². The summed E-state index contributed by atoms with van der Waals surface area (Å²) in [5.74, 6) is -0.427. The smallest absolute Gasteiger partial charge is 0.358 e. The first-order valence-corrected chi connectivity index (χ1v) is 6.20. The molecule has 0 aliphatic rings. The number of rotatable bonds is 4. The van der Waals surface area contributed by atoms with E-state index in [2.05, 4.69) is 10.4 Å². The topological polar surface area (TPSA) is 56.2 Å². The Balaban J connectivity index is 2.35. The van der Waals surface area contributed by atoms with Crippen molar-refractivity contribution >= 4 is 23.3 Å². The molecule has 0 bridgehead atoms. The fourth-order valence-corrected chi connectivity index (χ4v) is 1.93. The molecule has 5 nitrogen and oxygen atoms in total. The number of aryl methyl sites for hydroxylation is 1. The fourth-order valence-electron chi connectivity index (χ4n) is 1.74. The molecular weight excluding hydrogens is 266 g/mol. The van der Waals surface area contributed by atoms with Crippen molar-refractivity contribution in [3.8, 4) is 0 Å². The Morgan fingerprint density at radius 3 is 2.95 bits per heavy atom. The van der Waals surface area contributed by atoms with Crippen LogP contribution in [0.1, 0.15) is 23.1 Å². The minimum Gasteiger partial charge on any atom is -0.464 e. The summed E-state index contributed by atoms with van der Waals surface area (Å²) < 4.78 is 6.31. The summed E-state index contributed by atoms with van der Waals surface area (Å²) >= 11 is 5.92. The number of halogens is 1. The highest BCUT2D eigenvalue weighted by atomic mass is 35.5. The van der Waals surface area contributed by atoms with Gasteiger partial charge in [0.25, 0.3) is 0 Å². The monoisotopic (exact) mass is 279 g/mol. The number of aromatic nitrogens is 2. The van der Waals surface area contributed by atoms with Crippen molar-refractivity contribution in [1.29, 1.82) is 0 Å². The van der Waals surface area contributed by atoms with Gasteiger partial charge >= 0.3 is 5.97 Å². The highest BCUT2D eigenvalue weighted by molar-refractivity contribution is 6.30. The molecule has 1 heterocycles. The van der Waals surface area contributed by atoms with E-state index in [0.717, 1.165) is 5.69 Å². The van der Waals surface area contributed by atoms with Gasteiger partial charge in [-0.1, -0.05) is 24.6 Å². The Labute approximate surface area is 116 Å². The number of nitrogens with zero attached hydrogens (tertiary/aromatic N) is 2. The second-order valence-corrected chi connectivity index (χ2v) is 4.31. The van der Waals surface area contributed by atoms with Crippen molar-refractivity contribution in [2.24, 2.45) is 0 Å². The van der Waals surface area contributed by atoms with Crippen LogP contribution in [-0.4, -0.2) is 22.7 Å². The van der Waals surface area contributed by atoms with Crippen molar-refractivity contribution < 1.29 is 9.53 Å². The van der Waals surface area contributed by atoms with Crippen LogP contribution in [0.5, 0.6) is 0 Å². The second-order valence-electron chi connectivity index (χ2n) is 3.88. The molecule has 2 aromatic rings. The van der Waals surface area contributed by atoms with Crippen LogP contribution in [0, 0.1) is 0 Å². The highest BCUT2D eigenvalue weighted by Crippen LogP contribution is 2.17. The number of anilines is 1. The normalized spacial score (nSPS) is 10.3. The summed E-state index contributed by atoms with van der Waals surface area (Å²) in [5.41, 5.74) is 4.89. The summed E-state index contributed by atoms with van der Waals surface area (Å²) in [5, 5.41) is 0.612. The number of esters is 1. The number of nitrogens with one attached hydrogen (secondary N) is 1. The lowest BCUT2D eigenvalue weighted by molar-refractivity contribution is 0.0589. The van der Waals surface area contributed by atoms with Crippen LogP contribution >= 0.6 is 11.6 Å². The summed E-state index contributed by atoms with van der Waals surface area (Å²) in [6.07, 6.45) is 2.20. The number of carbonyl (C=O) groups excluding carboxylic acids is 1. The predicted molar refractivity (Wildman–Crippen MR) is 73.4 cm³/mol. The van der Waals surface area contributed by atoms with E-state index in [9.17, 15) is 4.79 Å². The Hall–Kier alpha value is -2.01. The van der Waals surface area contributed by atoms with E-state index in [1.165, 1.54) is 11.8 Å². The van der Waals surface area contributed by atoms with Crippen molar-refractivity contribution in [1.82, 2.24) is 9.66 Å². The summed E-state index contributed by atoms with van der Waals surface area (Å²) in [7, 11) is 1.35. The van der Waals surface area contributed by atoms with Gasteiger partial charge in [0, 0.05) is 5.02 Å². The van der Waals surface area contributed by atoms with E-state index < -0.39 is 5.97 Å². The van der Waals surface area contributed by atoms with Crippen LogP contribution in [-0.2, 0) is 11.2 Å². The molecule has 1 aromatic heterocycles. The third-order valence-corrected chi connectivity index (χ3v) is 2.87. The molecule has 0 aliphatic carbocycles. The fraction of sp³-hybridized carbons (Fsp3) is 0.231. The number of ether oxygens (including phenoxy) is 1. The minimum atomic E-state index is -0.427. The van der Waals surface area contributed by atoms with E-state index in [1.54, 1.807) is 18.5 Å². The maximum Gasteiger partial charge on any atom is 0.358 e. The van der Waals surface area contributed by atoms with Gasteiger partial charge in [-0.3, -0.25) is 5.43 Å². The maximum absolute atomic E-state index is 11.8. The van der Waals surface area contributed by atoms with Gasteiger partial charge in [0.1, 0.15) is 6.33 Å². The molecule has 0 spiro atoms. The van der Waals surface area contributed by atoms with E-state index in [0.29, 0.717) is 22.8 Å². The molecule has 0 saturated heterocycles. The molecule has 0 unspecified atom stereocenters. The summed E-state index contributed by atoms with van der Waals surface area (Å²) in [6.45, 7) is 1.93. The van der Waals surface area contributed by atoms with Crippen LogP contribution in [0.4, 0.5) is 5.69 Å². The van der Waals surface area contributed by atoms with Crippen LogP contribution < -0.4 is 5.43 Å². The van der Waals surface area contributed by atoms with Crippen molar-refractivity contribution in [3.63, 3.8) is 0 Å². The molecule has 0 amide bonds. The average Bonchev–Trinajstić information content (AvgIpc) is 2.80. The number of methoxy groups -OCH3 is 1. The first-order valence-electron chi connectivity index (χ1n) is 5.82. The van der Waals surface area contributed by atoms with Gasteiger partial charge in [-0.2, -0.15) is 0 Å². The maximum atomic E-state index is 11.8. The Morgan fingerprint density at radius 1 is 1.53 bits per heavy atom. The number of benzene rings is 1. The molecule has 6 heteroatoms. The molecule has 0 saturated carbocycles. The third-order valence-electron chi connectivity index (χ3n) is 2.63. The van der Waals surface area contributed by atoms with Crippen LogP contribution in [0.2, 0.25) is 5.02 Å². The Morgan fingerprint density at radius 2 is 2.32 bits per heavy atom. The van der Waals surface area contributed by atoms with Crippen LogP contribution in [0.15, 0.2) is 30.6 Å². The summed E-state index contributed by atoms with van der Waals surface area (Å²) in [6, 6.07) is 7.20. The van der Waals surface area contributed by atoms with E-state index in [-0.39, 0.29) is 0 Å². The molecule has 1 N–H and O–H groups in total. The number of imidazole rings is 1. The lowest BCUT2D eigenvalue weighted by Gasteiger charge is -2.10. The molecule has 100 valence electrons. The van der Waals surface area contributed by atoms with Crippen molar-refractivity contribution in [2.75, 3.05) is 12.5 Å². The zero-order valence-electron chi connectivity index (χ0n) is 10.7. The van der Waals surface area contributed by atoms with Gasteiger partial charge in [0.15, 0.2) is 5.69 Å². The van der Waals surface area contributed by atoms with Gasteiger partial charge in [-0.15, -0.1) is 0 Å². The van der Waals surface area contributed by atoms with E-state index >= 15 is 0 Å². The molecular formula is C13H14ClN3O2. The highest BCUT2D eigenvalue weighted by Gasteiger charge is 2.18. The van der Waals surface area contributed by atoms with Crippen molar-refractivity contribution in [3.05, 3.63) is 47.0 Å². The van der Waals surface area contributed by atoms with Crippen LogP contribution in [0.25, 0.3) is 0 Å². The van der Waals surface area contributed by atoms with Gasteiger partial charge < -0.3 is 4.74 Å². The zero-order chi connectivity index (χ0) is 13.8. The molecule has 0 radical (unpaired) electrons. The predicted octanol–water partition coefficient (Wildman–Crippen LogP) is 2.76. The van der Waals surface area contributed by atoms with Gasteiger partial charge in [0.05, 0.1) is 18.5 Å². The minimum absolute atomic E-state index is 0.393. The zero-order valence-corrected chi connectivity index (χ0v) is 11.4. The third kappa shape index (κ3) is 2.88. The molecule has 1 aromatic carbocycles. The number of carbonyl (C=O) groups is 1. The van der Waals surface area contributed by atoms with E-state index in [4.69, 9.17) is 16.3 Å². The SMILES string of the molecule is CCc1ncn(Nc2cccc(Cl)c2)c1C(=O)OC. The molecule has 2 rings (SSSR count). The quantitative estimate of drug-likeness (QED) is 0.875. The number of hydrogen-bond acceptors (Lipinski definition) is 4. The summed E-state index contributed by atoms with van der Waals surface area (Å²) in [4.78, 5) is 16.0.